The first-order valence-electron chi connectivity index (χ1n) is 9.77. The molecule has 6 nitrogen and oxygen atoms in total. The van der Waals surface area contributed by atoms with Crippen molar-refractivity contribution in [2.24, 2.45) is 0 Å². The Morgan fingerprint density at radius 3 is 2.32 bits per heavy atom. The number of benzene rings is 2. The van der Waals surface area contributed by atoms with Crippen molar-refractivity contribution in [2.45, 2.75) is 33.0 Å². The maximum absolute atomic E-state index is 12.6. The van der Waals surface area contributed by atoms with Crippen LogP contribution in [0.15, 0.2) is 59.4 Å². The average Bonchev–Trinajstić information content (AvgIpc) is 2.97. The fraction of sp³-hybridized carbons (Fsp3) is 0.364. The van der Waals surface area contributed by atoms with Gasteiger partial charge in [0.1, 0.15) is 6.54 Å². The van der Waals surface area contributed by atoms with Crippen LogP contribution >= 0.6 is 0 Å². The monoisotopic (exact) mass is 380 g/mol. The molecule has 3 aromatic rings. The Morgan fingerprint density at radius 1 is 1.00 bits per heavy atom. The van der Waals surface area contributed by atoms with E-state index in [-0.39, 0.29) is 18.1 Å². The van der Waals surface area contributed by atoms with Gasteiger partial charge in [-0.1, -0.05) is 42.5 Å². The highest BCUT2D eigenvalue weighted by Crippen LogP contribution is 2.12. The summed E-state index contributed by atoms with van der Waals surface area (Å²) >= 11 is 0. The number of nitrogens with one attached hydrogen (secondary N) is 1. The highest BCUT2D eigenvalue weighted by molar-refractivity contribution is 5.80. The summed E-state index contributed by atoms with van der Waals surface area (Å²) in [6, 6.07) is 17.9. The molecule has 6 heteroatoms. The first-order valence-corrected chi connectivity index (χ1v) is 9.77. The van der Waals surface area contributed by atoms with Crippen molar-refractivity contribution in [1.29, 1.82) is 0 Å². The van der Waals surface area contributed by atoms with Crippen molar-refractivity contribution >= 4 is 16.9 Å². The van der Waals surface area contributed by atoms with Gasteiger partial charge >= 0.3 is 5.69 Å². The van der Waals surface area contributed by atoms with Crippen LogP contribution in [0.1, 0.15) is 18.9 Å². The number of imidazole rings is 1. The molecule has 1 amide bonds. The molecule has 0 bridgehead atoms. The lowest BCUT2D eigenvalue weighted by Gasteiger charge is -2.16. The number of nitrogens with zero attached hydrogens (tertiary/aromatic N) is 3. The quantitative estimate of drug-likeness (QED) is 0.580. The summed E-state index contributed by atoms with van der Waals surface area (Å²) in [6.45, 7) is 4.95. The van der Waals surface area contributed by atoms with Crippen LogP contribution in [0.2, 0.25) is 0 Å². The van der Waals surface area contributed by atoms with E-state index in [0.29, 0.717) is 13.1 Å². The van der Waals surface area contributed by atoms with E-state index in [1.54, 1.807) is 9.13 Å². The topological polar surface area (TPSA) is 59.3 Å². The second-order valence-corrected chi connectivity index (χ2v) is 7.03. The Morgan fingerprint density at radius 2 is 1.64 bits per heavy atom. The lowest BCUT2D eigenvalue weighted by molar-refractivity contribution is -0.121. The maximum atomic E-state index is 12.6. The molecular formula is C22H28N4O2. The Hall–Kier alpha value is -2.86. The molecule has 0 aliphatic rings. The van der Waals surface area contributed by atoms with Crippen LogP contribution in [0.3, 0.4) is 0 Å². The van der Waals surface area contributed by atoms with Crippen LogP contribution in [0.4, 0.5) is 0 Å². The van der Waals surface area contributed by atoms with Crippen molar-refractivity contribution in [3.63, 3.8) is 0 Å². The summed E-state index contributed by atoms with van der Waals surface area (Å²) in [6.07, 6.45) is 0.862. The van der Waals surface area contributed by atoms with Gasteiger partial charge in [0.15, 0.2) is 0 Å². The Balaban J connectivity index is 1.49. The molecule has 0 saturated heterocycles. The van der Waals surface area contributed by atoms with Gasteiger partial charge in [-0.25, -0.2) is 4.79 Å². The second-order valence-electron chi connectivity index (χ2n) is 7.03. The van der Waals surface area contributed by atoms with Crippen LogP contribution in [0.5, 0.6) is 0 Å². The molecule has 148 valence electrons. The van der Waals surface area contributed by atoms with Crippen LogP contribution in [-0.4, -0.2) is 40.1 Å². The standard InChI is InChI=1S/C22H28N4O2/c1-3-25-19-12-7-8-13-20(19)26(22(25)28)17-21(27)23-14-9-15-24(2)16-18-10-5-4-6-11-18/h4-8,10-13H,3,9,14-17H2,1-2H3,(H,23,27). The zero-order chi connectivity index (χ0) is 19.9. The number of aryl methyl sites for hydroxylation is 1. The molecule has 2 aromatic carbocycles. The molecule has 1 N–H and O–H groups in total. The minimum absolute atomic E-state index is 0.0478. The Kier molecular flexibility index (Phi) is 6.66. The number of carbonyl (C=O) groups is 1. The SMILES string of the molecule is CCn1c(=O)n(CC(=O)NCCCN(C)Cc2ccccc2)c2ccccc21. The molecule has 1 aromatic heterocycles. The van der Waals surface area contributed by atoms with Crippen molar-refractivity contribution < 1.29 is 4.79 Å². The van der Waals surface area contributed by atoms with Gasteiger partial charge in [0.2, 0.25) is 5.91 Å². The first-order chi connectivity index (χ1) is 13.6. The third-order valence-corrected chi connectivity index (χ3v) is 4.88. The highest BCUT2D eigenvalue weighted by Gasteiger charge is 2.14. The number of hydrogen-bond acceptors (Lipinski definition) is 3. The summed E-state index contributed by atoms with van der Waals surface area (Å²) in [5, 5.41) is 2.93. The van der Waals surface area contributed by atoms with Gasteiger partial charge in [-0.3, -0.25) is 13.9 Å². The van der Waals surface area contributed by atoms with Crippen LogP contribution < -0.4 is 11.0 Å². The van der Waals surface area contributed by atoms with Crippen molar-refractivity contribution in [2.75, 3.05) is 20.1 Å². The molecule has 1 heterocycles. The lowest BCUT2D eigenvalue weighted by Crippen LogP contribution is -2.34. The first kappa shape index (κ1) is 19.9. The number of carbonyl (C=O) groups excluding carboxylic acids is 1. The number of fused-ring (bicyclic) bond motifs is 1. The predicted octanol–water partition coefficient (Wildman–Crippen LogP) is 2.46. The predicted molar refractivity (Wildman–Crippen MR) is 112 cm³/mol. The maximum Gasteiger partial charge on any atom is 0.329 e. The summed E-state index contributed by atoms with van der Waals surface area (Å²) < 4.78 is 3.25. The molecule has 3 rings (SSSR count). The number of hydrogen-bond donors (Lipinski definition) is 1. The number of amides is 1. The van der Waals surface area contributed by atoms with Gasteiger partial charge in [-0.2, -0.15) is 0 Å². The summed E-state index contributed by atoms with van der Waals surface area (Å²) in [5.74, 6) is -0.133. The van der Waals surface area contributed by atoms with Gasteiger partial charge in [-0.15, -0.1) is 0 Å². The van der Waals surface area contributed by atoms with Crippen molar-refractivity contribution in [1.82, 2.24) is 19.4 Å². The van der Waals surface area contributed by atoms with E-state index in [0.717, 1.165) is 30.5 Å². The normalized spacial score (nSPS) is 11.2. The zero-order valence-corrected chi connectivity index (χ0v) is 16.6. The Labute approximate surface area is 165 Å². The third-order valence-electron chi connectivity index (χ3n) is 4.88. The zero-order valence-electron chi connectivity index (χ0n) is 16.6. The minimum Gasteiger partial charge on any atom is -0.354 e. The van der Waals surface area contributed by atoms with Crippen LogP contribution in [0.25, 0.3) is 11.0 Å². The molecule has 28 heavy (non-hydrogen) atoms. The molecule has 0 radical (unpaired) electrons. The second kappa shape index (κ2) is 9.37. The fourth-order valence-electron chi connectivity index (χ4n) is 3.48. The molecular weight excluding hydrogens is 352 g/mol. The summed E-state index contributed by atoms with van der Waals surface area (Å²) in [5.41, 5.74) is 2.81. The largest absolute Gasteiger partial charge is 0.354 e. The molecule has 0 spiro atoms. The van der Waals surface area contributed by atoms with Crippen molar-refractivity contribution in [3.05, 3.63) is 70.6 Å². The van der Waals surface area contributed by atoms with Gasteiger partial charge in [-0.05, 0) is 44.6 Å². The van der Waals surface area contributed by atoms with Gasteiger partial charge in [0.05, 0.1) is 11.0 Å². The minimum atomic E-state index is -0.138. The van der Waals surface area contributed by atoms with E-state index in [2.05, 4.69) is 29.4 Å². The van der Waals surface area contributed by atoms with Crippen molar-refractivity contribution in [3.8, 4) is 0 Å². The van der Waals surface area contributed by atoms with E-state index in [1.807, 2.05) is 49.4 Å². The van der Waals surface area contributed by atoms with E-state index < -0.39 is 0 Å². The summed E-state index contributed by atoms with van der Waals surface area (Å²) in [7, 11) is 2.08. The smallest absolute Gasteiger partial charge is 0.329 e. The number of rotatable bonds is 9. The van der Waals surface area contributed by atoms with E-state index in [1.165, 1.54) is 5.56 Å². The Bertz CT molecular complexity index is 975. The highest BCUT2D eigenvalue weighted by atomic mass is 16.2. The van der Waals surface area contributed by atoms with Crippen LogP contribution in [-0.2, 0) is 24.4 Å². The molecule has 0 saturated carbocycles. The summed E-state index contributed by atoms with van der Waals surface area (Å²) in [4.78, 5) is 27.2. The van der Waals surface area contributed by atoms with Crippen LogP contribution in [0, 0.1) is 0 Å². The fourth-order valence-corrected chi connectivity index (χ4v) is 3.48. The molecule has 0 unspecified atom stereocenters. The lowest BCUT2D eigenvalue weighted by atomic mass is 10.2. The average molecular weight is 380 g/mol. The number of aromatic nitrogens is 2. The van der Waals surface area contributed by atoms with E-state index in [4.69, 9.17) is 0 Å². The van der Waals surface area contributed by atoms with E-state index >= 15 is 0 Å². The van der Waals surface area contributed by atoms with Gasteiger partial charge in [0.25, 0.3) is 0 Å². The molecule has 0 fully saturated rings. The van der Waals surface area contributed by atoms with Gasteiger partial charge in [0, 0.05) is 19.6 Å². The molecule has 0 aliphatic heterocycles. The van der Waals surface area contributed by atoms with Gasteiger partial charge < -0.3 is 10.2 Å². The molecule has 0 aliphatic carbocycles. The van der Waals surface area contributed by atoms with E-state index in [9.17, 15) is 9.59 Å². The molecule has 0 atom stereocenters. The number of para-hydroxylation sites is 2. The third kappa shape index (κ3) is 4.70.